The van der Waals surface area contributed by atoms with Crippen LogP contribution in [0, 0.1) is 0 Å². The van der Waals surface area contributed by atoms with Gasteiger partial charge in [0.25, 0.3) is 0 Å². The standard InChI is InChI=1S/C12H16O5/c1-4-5-9(12(16)8(2)3)17-11(15)7-6-10(13)14/h6-7,9H,2,4-5H2,1,3H3,(H,13,14)/b7-6-. The van der Waals surface area contributed by atoms with Crippen LogP contribution in [0.2, 0.25) is 0 Å². The fourth-order valence-corrected chi connectivity index (χ4v) is 1.10. The Kier molecular flexibility index (Phi) is 6.55. The van der Waals surface area contributed by atoms with Crippen molar-refractivity contribution in [1.82, 2.24) is 0 Å². The van der Waals surface area contributed by atoms with Gasteiger partial charge in [-0.05, 0) is 18.9 Å². The molecule has 0 radical (unpaired) electrons. The highest BCUT2D eigenvalue weighted by molar-refractivity contribution is 5.99. The molecule has 0 saturated carbocycles. The first-order valence-corrected chi connectivity index (χ1v) is 5.19. The highest BCUT2D eigenvalue weighted by Gasteiger charge is 2.21. The van der Waals surface area contributed by atoms with Crippen molar-refractivity contribution in [2.45, 2.75) is 32.8 Å². The van der Waals surface area contributed by atoms with E-state index < -0.39 is 18.0 Å². The lowest BCUT2D eigenvalue weighted by atomic mass is 10.1. The quantitative estimate of drug-likeness (QED) is 0.538. The Balaban J connectivity index is 4.55. The second kappa shape index (κ2) is 7.38. The van der Waals surface area contributed by atoms with E-state index in [-0.39, 0.29) is 5.78 Å². The van der Waals surface area contributed by atoms with E-state index in [2.05, 4.69) is 6.58 Å². The van der Waals surface area contributed by atoms with Crippen molar-refractivity contribution >= 4 is 17.7 Å². The molecule has 94 valence electrons. The predicted octanol–water partition coefficient (Wildman–Crippen LogP) is 1.48. The van der Waals surface area contributed by atoms with Crippen molar-refractivity contribution in [2.24, 2.45) is 0 Å². The van der Waals surface area contributed by atoms with Crippen molar-refractivity contribution in [3.63, 3.8) is 0 Å². The van der Waals surface area contributed by atoms with Crippen molar-refractivity contribution in [1.29, 1.82) is 0 Å². The van der Waals surface area contributed by atoms with E-state index in [1.165, 1.54) is 6.92 Å². The highest BCUT2D eigenvalue weighted by atomic mass is 16.5. The van der Waals surface area contributed by atoms with Gasteiger partial charge in [-0.1, -0.05) is 19.9 Å². The summed E-state index contributed by atoms with van der Waals surface area (Å²) < 4.78 is 4.86. The predicted molar refractivity (Wildman–Crippen MR) is 61.4 cm³/mol. The van der Waals surface area contributed by atoms with Gasteiger partial charge in [-0.3, -0.25) is 4.79 Å². The third-order valence-corrected chi connectivity index (χ3v) is 1.88. The molecule has 0 aromatic carbocycles. The van der Waals surface area contributed by atoms with Gasteiger partial charge in [-0.25, -0.2) is 9.59 Å². The molecule has 0 aliphatic carbocycles. The smallest absolute Gasteiger partial charge is 0.331 e. The number of ether oxygens (including phenoxy) is 1. The molecule has 0 heterocycles. The summed E-state index contributed by atoms with van der Waals surface area (Å²) in [4.78, 5) is 33.0. The average molecular weight is 240 g/mol. The van der Waals surface area contributed by atoms with Gasteiger partial charge < -0.3 is 9.84 Å². The van der Waals surface area contributed by atoms with E-state index in [0.29, 0.717) is 24.5 Å². The molecular weight excluding hydrogens is 224 g/mol. The van der Waals surface area contributed by atoms with Gasteiger partial charge in [0.2, 0.25) is 0 Å². The van der Waals surface area contributed by atoms with Crippen LogP contribution in [0.3, 0.4) is 0 Å². The zero-order valence-corrected chi connectivity index (χ0v) is 9.93. The van der Waals surface area contributed by atoms with Crippen LogP contribution in [0.1, 0.15) is 26.7 Å². The van der Waals surface area contributed by atoms with Gasteiger partial charge in [-0.15, -0.1) is 0 Å². The summed E-state index contributed by atoms with van der Waals surface area (Å²) in [7, 11) is 0. The number of carbonyl (C=O) groups excluding carboxylic acids is 2. The van der Waals surface area contributed by atoms with Gasteiger partial charge in [0.1, 0.15) is 0 Å². The third kappa shape index (κ3) is 6.29. The molecule has 0 spiro atoms. The van der Waals surface area contributed by atoms with Gasteiger partial charge in [0, 0.05) is 12.2 Å². The fraction of sp³-hybridized carbons (Fsp3) is 0.417. The van der Waals surface area contributed by atoms with Crippen LogP contribution in [0.4, 0.5) is 0 Å². The van der Waals surface area contributed by atoms with Crippen LogP contribution in [-0.2, 0) is 19.1 Å². The van der Waals surface area contributed by atoms with E-state index in [1.807, 2.05) is 6.92 Å². The number of esters is 1. The van der Waals surface area contributed by atoms with Crippen molar-refractivity contribution < 1.29 is 24.2 Å². The SMILES string of the molecule is C=C(C)C(=O)C(CCC)OC(=O)/C=C\C(=O)O. The summed E-state index contributed by atoms with van der Waals surface area (Å²) in [6, 6.07) is 0. The molecule has 17 heavy (non-hydrogen) atoms. The van der Waals surface area contributed by atoms with E-state index in [4.69, 9.17) is 9.84 Å². The largest absolute Gasteiger partial charge is 0.478 e. The van der Waals surface area contributed by atoms with Crippen LogP contribution >= 0.6 is 0 Å². The third-order valence-electron chi connectivity index (χ3n) is 1.88. The van der Waals surface area contributed by atoms with E-state index in [1.54, 1.807) is 0 Å². The minimum absolute atomic E-state index is 0.304. The number of aliphatic carboxylic acids is 1. The van der Waals surface area contributed by atoms with Crippen molar-refractivity contribution in [3.8, 4) is 0 Å². The molecule has 0 aromatic heterocycles. The number of ketones is 1. The topological polar surface area (TPSA) is 80.7 Å². The van der Waals surface area contributed by atoms with E-state index in [9.17, 15) is 14.4 Å². The Labute approximate surface area is 99.8 Å². The summed E-state index contributed by atoms with van der Waals surface area (Å²) in [5.41, 5.74) is 0.304. The Morgan fingerprint density at radius 1 is 1.35 bits per heavy atom. The monoisotopic (exact) mass is 240 g/mol. The Morgan fingerprint density at radius 3 is 2.35 bits per heavy atom. The first-order chi connectivity index (χ1) is 7.88. The summed E-state index contributed by atoms with van der Waals surface area (Å²) in [5, 5.41) is 8.32. The molecule has 0 amide bonds. The molecule has 5 nitrogen and oxygen atoms in total. The molecule has 0 aliphatic rings. The first kappa shape index (κ1) is 15.1. The van der Waals surface area contributed by atoms with Gasteiger partial charge >= 0.3 is 11.9 Å². The van der Waals surface area contributed by atoms with Crippen LogP contribution < -0.4 is 0 Å². The number of carboxylic acids is 1. The highest BCUT2D eigenvalue weighted by Crippen LogP contribution is 2.09. The second-order valence-electron chi connectivity index (χ2n) is 3.53. The van der Waals surface area contributed by atoms with Gasteiger partial charge in [0.05, 0.1) is 0 Å². The number of carbonyl (C=O) groups is 3. The summed E-state index contributed by atoms with van der Waals surface area (Å²) in [6.07, 6.45) is 1.61. The van der Waals surface area contributed by atoms with Crippen LogP contribution in [-0.4, -0.2) is 28.9 Å². The normalized spacial score (nSPS) is 12.1. The summed E-state index contributed by atoms with van der Waals surface area (Å²) >= 11 is 0. The lowest BCUT2D eigenvalue weighted by Crippen LogP contribution is -2.27. The van der Waals surface area contributed by atoms with Crippen molar-refractivity contribution in [2.75, 3.05) is 0 Å². The summed E-state index contributed by atoms with van der Waals surface area (Å²) in [5.74, 6) is -2.44. The lowest BCUT2D eigenvalue weighted by Gasteiger charge is -2.14. The zero-order valence-electron chi connectivity index (χ0n) is 9.93. The fourth-order valence-electron chi connectivity index (χ4n) is 1.10. The maximum absolute atomic E-state index is 11.6. The molecule has 0 aliphatic heterocycles. The van der Waals surface area contributed by atoms with E-state index >= 15 is 0 Å². The Bertz CT molecular complexity index is 354. The van der Waals surface area contributed by atoms with Crippen LogP contribution in [0.25, 0.3) is 0 Å². The molecule has 5 heteroatoms. The van der Waals surface area contributed by atoms with Gasteiger partial charge in [0.15, 0.2) is 11.9 Å². The molecule has 1 atom stereocenters. The second-order valence-corrected chi connectivity index (χ2v) is 3.53. The number of carboxylic acid groups (broad SMARTS) is 1. The molecular formula is C12H16O5. The Hall–Kier alpha value is -1.91. The molecule has 0 saturated heterocycles. The van der Waals surface area contributed by atoms with Crippen molar-refractivity contribution in [3.05, 3.63) is 24.3 Å². The summed E-state index contributed by atoms with van der Waals surface area (Å²) in [6.45, 7) is 6.87. The first-order valence-electron chi connectivity index (χ1n) is 5.19. The lowest BCUT2D eigenvalue weighted by molar-refractivity contribution is -0.149. The Morgan fingerprint density at radius 2 is 1.94 bits per heavy atom. The minimum Gasteiger partial charge on any atom is -0.478 e. The zero-order chi connectivity index (χ0) is 13.4. The molecule has 0 rings (SSSR count). The molecule has 1 unspecified atom stereocenters. The molecule has 1 N–H and O–H groups in total. The minimum atomic E-state index is -1.25. The van der Waals surface area contributed by atoms with Crippen LogP contribution in [0.5, 0.6) is 0 Å². The molecule has 0 aromatic rings. The van der Waals surface area contributed by atoms with E-state index in [0.717, 1.165) is 6.08 Å². The number of hydrogen-bond acceptors (Lipinski definition) is 4. The molecule has 0 fully saturated rings. The number of Topliss-reactive ketones (excluding diaryl/α,β-unsaturated/α-hetero) is 1. The maximum Gasteiger partial charge on any atom is 0.331 e. The van der Waals surface area contributed by atoms with Crippen LogP contribution in [0.15, 0.2) is 24.3 Å². The number of hydrogen-bond donors (Lipinski definition) is 1. The average Bonchev–Trinajstić information content (AvgIpc) is 2.24. The maximum atomic E-state index is 11.6. The van der Waals surface area contributed by atoms with Gasteiger partial charge in [-0.2, -0.15) is 0 Å². The molecule has 0 bridgehead atoms. The number of rotatable bonds is 7.